The second kappa shape index (κ2) is 4.44. The molecule has 1 saturated carbocycles. The molecule has 96 valence electrons. The minimum absolute atomic E-state index is 0.506. The van der Waals surface area contributed by atoms with Crippen LogP contribution in [0.3, 0.4) is 0 Å². The number of rotatable bonds is 2. The highest BCUT2D eigenvalue weighted by Crippen LogP contribution is 2.32. The topological polar surface area (TPSA) is 85.4 Å². The summed E-state index contributed by atoms with van der Waals surface area (Å²) in [6, 6.07) is 0. The Morgan fingerprint density at radius 2 is 2.11 bits per heavy atom. The fourth-order valence-electron chi connectivity index (χ4n) is 2.65. The molecule has 18 heavy (non-hydrogen) atoms. The van der Waals surface area contributed by atoms with Gasteiger partial charge in [0.15, 0.2) is 11.6 Å². The van der Waals surface area contributed by atoms with Crippen LogP contribution in [0, 0.1) is 0 Å². The van der Waals surface area contributed by atoms with E-state index in [4.69, 9.17) is 5.73 Å². The normalized spacial score (nSPS) is 17.2. The van der Waals surface area contributed by atoms with Crippen molar-refractivity contribution in [3.8, 4) is 11.4 Å². The molecule has 3 rings (SSSR count). The third kappa shape index (κ3) is 1.87. The zero-order chi connectivity index (χ0) is 12.5. The minimum Gasteiger partial charge on any atom is -0.383 e. The van der Waals surface area contributed by atoms with E-state index in [1.807, 2.05) is 7.05 Å². The molecule has 0 amide bonds. The highest BCUT2D eigenvalue weighted by molar-refractivity contribution is 5.67. The summed E-state index contributed by atoms with van der Waals surface area (Å²) in [6.45, 7) is 0. The molecule has 2 aromatic heterocycles. The van der Waals surface area contributed by atoms with Gasteiger partial charge in [0, 0.05) is 13.0 Å². The van der Waals surface area contributed by atoms with Gasteiger partial charge < -0.3 is 5.73 Å². The summed E-state index contributed by atoms with van der Waals surface area (Å²) in [5.41, 5.74) is 6.66. The average molecular weight is 246 g/mol. The lowest BCUT2D eigenvalue weighted by atomic mass is 9.89. The molecule has 1 fully saturated rings. The number of hydrogen-bond donors (Lipinski definition) is 2. The van der Waals surface area contributed by atoms with Gasteiger partial charge in [-0.1, -0.05) is 19.3 Å². The molecule has 0 radical (unpaired) electrons. The summed E-state index contributed by atoms with van der Waals surface area (Å²) in [5.74, 6) is 2.79. The number of anilines is 1. The predicted octanol–water partition coefficient (Wildman–Crippen LogP) is 1.84. The molecule has 0 aromatic carbocycles. The van der Waals surface area contributed by atoms with Crippen LogP contribution in [-0.2, 0) is 7.05 Å². The fraction of sp³-hybridized carbons (Fsp3) is 0.583. The van der Waals surface area contributed by atoms with E-state index in [2.05, 4.69) is 20.3 Å². The Hall–Kier alpha value is -1.85. The number of nitrogens with one attached hydrogen (secondary N) is 1. The Bertz CT molecular complexity index is 535. The standard InChI is InChI=1S/C12H18N6/c1-18-12(9-7-14-16-10(9)13)15-11(17-18)8-5-3-2-4-6-8/h7-8H,2-6H2,1H3,(H3,13,14,16). The molecule has 1 aliphatic carbocycles. The smallest absolute Gasteiger partial charge is 0.163 e. The maximum absolute atomic E-state index is 5.83. The van der Waals surface area contributed by atoms with Crippen molar-refractivity contribution in [3.05, 3.63) is 12.0 Å². The molecule has 0 saturated heterocycles. The van der Waals surface area contributed by atoms with Crippen molar-refractivity contribution >= 4 is 5.82 Å². The summed E-state index contributed by atoms with van der Waals surface area (Å²) in [7, 11) is 1.90. The average Bonchev–Trinajstić information content (AvgIpc) is 2.96. The van der Waals surface area contributed by atoms with Crippen molar-refractivity contribution in [1.82, 2.24) is 25.0 Å². The third-order valence-corrected chi connectivity index (χ3v) is 3.66. The van der Waals surface area contributed by atoms with Gasteiger partial charge in [-0.05, 0) is 12.8 Å². The van der Waals surface area contributed by atoms with Gasteiger partial charge in [0.2, 0.25) is 0 Å². The van der Waals surface area contributed by atoms with Crippen molar-refractivity contribution in [2.75, 3.05) is 5.73 Å². The highest BCUT2D eigenvalue weighted by Gasteiger charge is 2.22. The Kier molecular flexibility index (Phi) is 2.77. The molecule has 6 nitrogen and oxygen atoms in total. The predicted molar refractivity (Wildman–Crippen MR) is 68.8 cm³/mol. The van der Waals surface area contributed by atoms with Gasteiger partial charge in [-0.2, -0.15) is 10.2 Å². The van der Waals surface area contributed by atoms with E-state index in [0.29, 0.717) is 11.7 Å². The Balaban J connectivity index is 1.93. The number of aromatic amines is 1. The molecule has 3 N–H and O–H groups in total. The summed E-state index contributed by atoms with van der Waals surface area (Å²) in [6.07, 6.45) is 8.00. The van der Waals surface area contributed by atoms with Gasteiger partial charge in [0.25, 0.3) is 0 Å². The number of nitrogen functional groups attached to an aromatic ring is 1. The molecular formula is C12H18N6. The maximum Gasteiger partial charge on any atom is 0.163 e. The zero-order valence-corrected chi connectivity index (χ0v) is 10.6. The van der Waals surface area contributed by atoms with Crippen LogP contribution < -0.4 is 5.73 Å². The lowest BCUT2D eigenvalue weighted by Gasteiger charge is -2.18. The summed E-state index contributed by atoms with van der Waals surface area (Å²) in [5, 5.41) is 11.2. The lowest BCUT2D eigenvalue weighted by molar-refractivity contribution is 0.427. The van der Waals surface area contributed by atoms with E-state index < -0.39 is 0 Å². The van der Waals surface area contributed by atoms with E-state index >= 15 is 0 Å². The van der Waals surface area contributed by atoms with E-state index in [1.165, 1.54) is 32.1 Å². The van der Waals surface area contributed by atoms with Crippen LogP contribution in [0.2, 0.25) is 0 Å². The van der Waals surface area contributed by atoms with Crippen LogP contribution in [0.15, 0.2) is 6.20 Å². The number of aromatic nitrogens is 5. The van der Waals surface area contributed by atoms with E-state index in [1.54, 1.807) is 10.9 Å². The third-order valence-electron chi connectivity index (χ3n) is 3.66. The Morgan fingerprint density at radius 1 is 1.33 bits per heavy atom. The molecule has 2 aromatic rings. The van der Waals surface area contributed by atoms with E-state index in [0.717, 1.165) is 17.2 Å². The van der Waals surface area contributed by atoms with Gasteiger partial charge >= 0.3 is 0 Å². The maximum atomic E-state index is 5.83. The minimum atomic E-state index is 0.506. The molecule has 0 unspecified atom stereocenters. The fourth-order valence-corrected chi connectivity index (χ4v) is 2.65. The molecule has 0 atom stereocenters. The van der Waals surface area contributed by atoms with Crippen LogP contribution in [0.4, 0.5) is 5.82 Å². The largest absolute Gasteiger partial charge is 0.383 e. The van der Waals surface area contributed by atoms with Gasteiger partial charge in [-0.25, -0.2) is 9.67 Å². The monoisotopic (exact) mass is 246 g/mol. The first-order valence-electron chi connectivity index (χ1n) is 6.46. The number of aryl methyl sites for hydroxylation is 1. The van der Waals surface area contributed by atoms with Crippen molar-refractivity contribution < 1.29 is 0 Å². The number of nitrogens with zero attached hydrogens (tertiary/aromatic N) is 4. The highest BCUT2D eigenvalue weighted by atomic mass is 15.3. The van der Waals surface area contributed by atoms with E-state index in [9.17, 15) is 0 Å². The molecular weight excluding hydrogens is 228 g/mol. The summed E-state index contributed by atoms with van der Waals surface area (Å²) >= 11 is 0. The number of H-pyrrole nitrogens is 1. The summed E-state index contributed by atoms with van der Waals surface area (Å²) < 4.78 is 1.80. The van der Waals surface area contributed by atoms with Crippen LogP contribution >= 0.6 is 0 Å². The van der Waals surface area contributed by atoms with Gasteiger partial charge in [0.1, 0.15) is 5.82 Å². The first-order chi connectivity index (χ1) is 8.75. The molecule has 6 heteroatoms. The van der Waals surface area contributed by atoms with E-state index in [-0.39, 0.29) is 0 Å². The molecule has 0 spiro atoms. The van der Waals surface area contributed by atoms with Crippen molar-refractivity contribution in [2.24, 2.45) is 7.05 Å². The molecule has 1 aliphatic rings. The van der Waals surface area contributed by atoms with Crippen molar-refractivity contribution in [2.45, 2.75) is 38.0 Å². The number of nitrogens with two attached hydrogens (primary N) is 1. The first kappa shape index (κ1) is 11.3. The first-order valence-corrected chi connectivity index (χ1v) is 6.46. The zero-order valence-electron chi connectivity index (χ0n) is 10.6. The van der Waals surface area contributed by atoms with Gasteiger partial charge in [0.05, 0.1) is 11.8 Å². The summed E-state index contributed by atoms with van der Waals surface area (Å²) in [4.78, 5) is 4.65. The van der Waals surface area contributed by atoms with Crippen molar-refractivity contribution in [3.63, 3.8) is 0 Å². The van der Waals surface area contributed by atoms with Crippen LogP contribution in [0.1, 0.15) is 43.8 Å². The quantitative estimate of drug-likeness (QED) is 0.846. The molecule has 0 aliphatic heterocycles. The Morgan fingerprint density at radius 3 is 2.78 bits per heavy atom. The number of hydrogen-bond acceptors (Lipinski definition) is 4. The molecule has 0 bridgehead atoms. The van der Waals surface area contributed by atoms with Crippen LogP contribution in [-0.4, -0.2) is 25.0 Å². The van der Waals surface area contributed by atoms with Gasteiger partial charge in [-0.3, -0.25) is 5.10 Å². The van der Waals surface area contributed by atoms with Gasteiger partial charge in [-0.15, -0.1) is 0 Å². The second-order valence-corrected chi connectivity index (χ2v) is 4.95. The lowest BCUT2D eigenvalue weighted by Crippen LogP contribution is -2.06. The molecule has 2 heterocycles. The second-order valence-electron chi connectivity index (χ2n) is 4.95. The SMILES string of the molecule is Cn1nc(C2CCCCC2)nc1-c1cn[nH]c1N. The van der Waals surface area contributed by atoms with Crippen molar-refractivity contribution in [1.29, 1.82) is 0 Å². The Labute approximate surface area is 106 Å². The van der Waals surface area contributed by atoms with Crippen LogP contribution in [0.5, 0.6) is 0 Å². The van der Waals surface area contributed by atoms with Crippen LogP contribution in [0.25, 0.3) is 11.4 Å².